The number of esters is 1. The quantitative estimate of drug-likeness (QED) is 0.533. The van der Waals surface area contributed by atoms with Gasteiger partial charge in [-0.15, -0.1) is 0 Å². The van der Waals surface area contributed by atoms with Crippen molar-refractivity contribution >= 4 is 43.5 Å². The zero-order chi connectivity index (χ0) is 15.9. The Labute approximate surface area is 137 Å². The van der Waals surface area contributed by atoms with Crippen LogP contribution in [0.15, 0.2) is 33.6 Å². The van der Waals surface area contributed by atoms with Crippen molar-refractivity contribution < 1.29 is 17.9 Å². The lowest BCUT2D eigenvalue weighted by atomic mass is 10.2. The van der Waals surface area contributed by atoms with Crippen molar-refractivity contribution in [3.63, 3.8) is 0 Å². The van der Waals surface area contributed by atoms with E-state index in [1.165, 1.54) is 18.9 Å². The van der Waals surface area contributed by atoms with Crippen molar-refractivity contribution in [2.75, 3.05) is 24.4 Å². The molecule has 0 spiro atoms. The molecule has 21 heavy (non-hydrogen) atoms. The van der Waals surface area contributed by atoms with Gasteiger partial charge in [0.1, 0.15) is 6.04 Å². The number of carbonyl (C=O) groups excluding carboxylic acids is 1. The standard InChI is InChI=1S/C13H18BrNO4S2/c1-19-13(16)12(15)6-7-20-8-9-21(17,18)11-4-2-10(14)3-5-11/h2-5,12H,6-9,15H2,1H3. The lowest BCUT2D eigenvalue weighted by molar-refractivity contribution is -0.142. The normalized spacial score (nSPS) is 12.9. The first kappa shape index (κ1) is 18.5. The first-order chi connectivity index (χ1) is 9.86. The van der Waals surface area contributed by atoms with E-state index in [2.05, 4.69) is 20.7 Å². The topological polar surface area (TPSA) is 86.5 Å². The Kier molecular flexibility index (Phi) is 7.72. The van der Waals surface area contributed by atoms with Crippen molar-refractivity contribution in [1.82, 2.24) is 0 Å². The molecule has 0 aliphatic rings. The number of benzene rings is 1. The molecule has 1 unspecified atom stereocenters. The number of hydrogen-bond donors (Lipinski definition) is 1. The summed E-state index contributed by atoms with van der Waals surface area (Å²) in [5, 5.41) is 0. The fourth-order valence-corrected chi connectivity index (χ4v) is 4.53. The zero-order valence-electron chi connectivity index (χ0n) is 11.6. The minimum atomic E-state index is -3.26. The predicted octanol–water partition coefficient (Wildman–Crippen LogP) is 1.85. The number of ether oxygens (including phenoxy) is 1. The van der Waals surface area contributed by atoms with Gasteiger partial charge < -0.3 is 10.5 Å². The smallest absolute Gasteiger partial charge is 0.322 e. The summed E-state index contributed by atoms with van der Waals surface area (Å²) in [6.07, 6.45) is 0.468. The molecule has 0 aliphatic heterocycles. The number of hydrogen-bond acceptors (Lipinski definition) is 6. The maximum atomic E-state index is 12.1. The van der Waals surface area contributed by atoms with Crippen LogP contribution in [0.3, 0.4) is 0 Å². The summed E-state index contributed by atoms with van der Waals surface area (Å²) in [5.41, 5.74) is 5.59. The van der Waals surface area contributed by atoms with E-state index in [0.29, 0.717) is 22.8 Å². The average Bonchev–Trinajstić information content (AvgIpc) is 2.46. The molecule has 0 saturated carbocycles. The molecule has 1 aromatic rings. The Morgan fingerprint density at radius 1 is 1.33 bits per heavy atom. The second-order valence-electron chi connectivity index (χ2n) is 4.30. The maximum absolute atomic E-state index is 12.1. The van der Waals surface area contributed by atoms with Gasteiger partial charge in [0.15, 0.2) is 9.84 Å². The molecule has 118 valence electrons. The Bertz CT molecular complexity index is 560. The Hall–Kier alpha value is -0.570. The van der Waals surface area contributed by atoms with Crippen molar-refractivity contribution in [2.45, 2.75) is 17.4 Å². The summed E-state index contributed by atoms with van der Waals surface area (Å²) >= 11 is 4.73. The van der Waals surface area contributed by atoms with E-state index in [1.54, 1.807) is 24.3 Å². The summed E-state index contributed by atoms with van der Waals surface area (Å²) in [4.78, 5) is 11.4. The largest absolute Gasteiger partial charge is 0.468 e. The number of carbonyl (C=O) groups is 1. The summed E-state index contributed by atoms with van der Waals surface area (Å²) in [5.74, 6) is 0.698. The first-order valence-electron chi connectivity index (χ1n) is 6.26. The maximum Gasteiger partial charge on any atom is 0.322 e. The van der Waals surface area contributed by atoms with Crippen LogP contribution >= 0.6 is 27.7 Å². The third-order valence-electron chi connectivity index (χ3n) is 2.75. The van der Waals surface area contributed by atoms with Crippen LogP contribution in [-0.2, 0) is 19.4 Å². The van der Waals surface area contributed by atoms with Crippen LogP contribution in [0.2, 0.25) is 0 Å². The third kappa shape index (κ3) is 6.37. The molecule has 5 nitrogen and oxygen atoms in total. The number of methoxy groups -OCH3 is 1. The van der Waals surface area contributed by atoms with E-state index in [4.69, 9.17) is 5.73 Å². The average molecular weight is 396 g/mol. The molecule has 0 saturated heterocycles. The van der Waals surface area contributed by atoms with E-state index in [9.17, 15) is 13.2 Å². The minimum Gasteiger partial charge on any atom is -0.468 e. The molecular formula is C13H18BrNO4S2. The summed E-state index contributed by atoms with van der Waals surface area (Å²) in [7, 11) is -1.97. The predicted molar refractivity (Wildman–Crippen MR) is 88.1 cm³/mol. The monoisotopic (exact) mass is 395 g/mol. The number of rotatable bonds is 8. The third-order valence-corrected chi connectivity index (χ3v) is 6.28. The van der Waals surface area contributed by atoms with Gasteiger partial charge in [-0.25, -0.2) is 8.42 Å². The lowest BCUT2D eigenvalue weighted by Crippen LogP contribution is -2.32. The number of halogens is 1. The SMILES string of the molecule is COC(=O)C(N)CCSCCS(=O)(=O)c1ccc(Br)cc1. The van der Waals surface area contributed by atoms with Gasteiger partial charge in [-0.2, -0.15) is 11.8 Å². The Morgan fingerprint density at radius 3 is 2.52 bits per heavy atom. The van der Waals surface area contributed by atoms with Crippen molar-refractivity contribution in [2.24, 2.45) is 5.73 Å². The van der Waals surface area contributed by atoms with Gasteiger partial charge in [0.2, 0.25) is 0 Å². The number of sulfone groups is 1. The summed E-state index contributed by atoms with van der Waals surface area (Å²) < 4.78 is 29.5. The molecule has 2 N–H and O–H groups in total. The van der Waals surface area contributed by atoms with Gasteiger partial charge in [-0.1, -0.05) is 15.9 Å². The van der Waals surface area contributed by atoms with Gasteiger partial charge in [0.25, 0.3) is 0 Å². The van der Waals surface area contributed by atoms with Crippen LogP contribution < -0.4 is 5.73 Å². The van der Waals surface area contributed by atoms with Gasteiger partial charge in [-0.3, -0.25) is 4.79 Å². The zero-order valence-corrected chi connectivity index (χ0v) is 14.8. The van der Waals surface area contributed by atoms with E-state index in [1.807, 2.05) is 0 Å². The molecule has 0 bridgehead atoms. The van der Waals surface area contributed by atoms with Gasteiger partial charge in [-0.05, 0) is 36.4 Å². The molecule has 1 aromatic carbocycles. The second kappa shape index (κ2) is 8.77. The molecule has 1 rings (SSSR count). The Morgan fingerprint density at radius 2 is 1.95 bits per heavy atom. The van der Waals surface area contributed by atoms with Gasteiger partial charge in [0.05, 0.1) is 17.8 Å². The molecule has 0 radical (unpaired) electrons. The highest BCUT2D eigenvalue weighted by Gasteiger charge is 2.15. The van der Waals surface area contributed by atoms with E-state index < -0.39 is 21.8 Å². The highest BCUT2D eigenvalue weighted by molar-refractivity contribution is 9.10. The highest BCUT2D eigenvalue weighted by Crippen LogP contribution is 2.17. The van der Waals surface area contributed by atoms with E-state index in [-0.39, 0.29) is 5.75 Å². The van der Waals surface area contributed by atoms with E-state index >= 15 is 0 Å². The molecule has 0 aliphatic carbocycles. The van der Waals surface area contributed by atoms with Crippen LogP contribution in [0, 0.1) is 0 Å². The van der Waals surface area contributed by atoms with Crippen LogP contribution in [0.25, 0.3) is 0 Å². The number of nitrogens with two attached hydrogens (primary N) is 1. The van der Waals surface area contributed by atoms with Crippen LogP contribution in [0.1, 0.15) is 6.42 Å². The molecule has 0 fully saturated rings. The lowest BCUT2D eigenvalue weighted by Gasteiger charge is -2.08. The summed E-state index contributed by atoms with van der Waals surface area (Å²) in [6, 6.07) is 5.92. The van der Waals surface area contributed by atoms with Crippen molar-refractivity contribution in [3.8, 4) is 0 Å². The first-order valence-corrected chi connectivity index (χ1v) is 9.86. The van der Waals surface area contributed by atoms with Gasteiger partial charge in [0, 0.05) is 10.2 Å². The molecule has 0 heterocycles. The molecule has 0 aromatic heterocycles. The van der Waals surface area contributed by atoms with Crippen LogP contribution in [0.5, 0.6) is 0 Å². The highest BCUT2D eigenvalue weighted by atomic mass is 79.9. The van der Waals surface area contributed by atoms with Crippen LogP contribution in [0.4, 0.5) is 0 Å². The van der Waals surface area contributed by atoms with Gasteiger partial charge >= 0.3 is 5.97 Å². The molecule has 0 amide bonds. The second-order valence-corrected chi connectivity index (χ2v) is 8.55. The molecule has 1 atom stereocenters. The fraction of sp³-hybridized carbons (Fsp3) is 0.462. The van der Waals surface area contributed by atoms with E-state index in [0.717, 1.165) is 4.47 Å². The van der Waals surface area contributed by atoms with Crippen LogP contribution in [-0.4, -0.2) is 44.8 Å². The number of thioether (sulfide) groups is 1. The molecule has 8 heteroatoms. The minimum absolute atomic E-state index is 0.0623. The van der Waals surface area contributed by atoms with Crippen molar-refractivity contribution in [1.29, 1.82) is 0 Å². The Balaban J connectivity index is 2.35. The fourth-order valence-electron chi connectivity index (χ4n) is 1.51. The molecular weight excluding hydrogens is 378 g/mol. The summed E-state index contributed by atoms with van der Waals surface area (Å²) in [6.45, 7) is 0. The van der Waals surface area contributed by atoms with Crippen molar-refractivity contribution in [3.05, 3.63) is 28.7 Å².